The summed E-state index contributed by atoms with van der Waals surface area (Å²) in [6, 6.07) is 0.269. The average Bonchev–Trinajstić information content (AvgIpc) is 2.59. The zero-order valence-electron chi connectivity index (χ0n) is 10.3. The minimum atomic E-state index is -3.07. The second-order valence-electron chi connectivity index (χ2n) is 5.29. The first-order valence-corrected chi connectivity index (χ1v) is 7.77. The fraction of sp³-hybridized carbons (Fsp3) is 1.00. The molecule has 0 aromatic carbocycles. The molecule has 1 aliphatic carbocycles. The second-order valence-corrected chi connectivity index (χ2v) is 7.22. The van der Waals surface area contributed by atoms with Gasteiger partial charge in [-0.2, -0.15) is 0 Å². The van der Waals surface area contributed by atoms with E-state index in [1.54, 1.807) is 0 Å². The molecular formula is C11H24N2O2S. The van der Waals surface area contributed by atoms with E-state index in [1.165, 1.54) is 0 Å². The average molecular weight is 248 g/mol. The molecule has 0 saturated heterocycles. The van der Waals surface area contributed by atoms with Crippen LogP contribution in [-0.2, 0) is 10.0 Å². The number of nitrogens with one attached hydrogen (secondary N) is 1. The number of sulfonamides is 1. The molecule has 2 atom stereocenters. The van der Waals surface area contributed by atoms with E-state index in [1.807, 2.05) is 13.8 Å². The van der Waals surface area contributed by atoms with Crippen LogP contribution in [0.25, 0.3) is 0 Å². The van der Waals surface area contributed by atoms with Crippen LogP contribution in [0, 0.1) is 11.8 Å². The minimum Gasteiger partial charge on any atom is -0.328 e. The van der Waals surface area contributed by atoms with Crippen LogP contribution >= 0.6 is 0 Å². The third-order valence-electron chi connectivity index (χ3n) is 3.14. The first kappa shape index (κ1) is 13.9. The van der Waals surface area contributed by atoms with E-state index < -0.39 is 10.0 Å². The van der Waals surface area contributed by atoms with Crippen LogP contribution in [-0.4, -0.2) is 26.8 Å². The molecule has 0 aliphatic heterocycles. The summed E-state index contributed by atoms with van der Waals surface area (Å²) in [6.45, 7) is 4.63. The Morgan fingerprint density at radius 2 is 2.06 bits per heavy atom. The highest BCUT2D eigenvalue weighted by Crippen LogP contribution is 2.23. The van der Waals surface area contributed by atoms with Crippen molar-refractivity contribution < 1.29 is 8.42 Å². The standard InChI is InChI=1S/C11H24N2O2S/c1-9(2)5-6-16(14,15)13-8-10-3-4-11(12)7-10/h9-11,13H,3-8,12H2,1-2H3. The van der Waals surface area contributed by atoms with Crippen molar-refractivity contribution >= 4 is 10.0 Å². The van der Waals surface area contributed by atoms with Gasteiger partial charge in [0.05, 0.1) is 5.75 Å². The van der Waals surface area contributed by atoms with Crippen LogP contribution in [0.2, 0.25) is 0 Å². The summed E-state index contributed by atoms with van der Waals surface area (Å²) in [4.78, 5) is 0. The molecule has 0 aromatic heterocycles. The predicted octanol–water partition coefficient (Wildman–Crippen LogP) is 1.08. The lowest BCUT2D eigenvalue weighted by molar-refractivity contribution is 0.508. The molecule has 96 valence electrons. The first-order valence-electron chi connectivity index (χ1n) is 6.12. The van der Waals surface area contributed by atoms with Crippen molar-refractivity contribution in [3.63, 3.8) is 0 Å². The Morgan fingerprint density at radius 3 is 2.56 bits per heavy atom. The highest BCUT2D eigenvalue weighted by molar-refractivity contribution is 7.89. The summed E-state index contributed by atoms with van der Waals surface area (Å²) in [5.74, 6) is 1.10. The van der Waals surface area contributed by atoms with Gasteiger partial charge in [-0.25, -0.2) is 13.1 Å². The van der Waals surface area contributed by atoms with Gasteiger partial charge in [-0.05, 0) is 37.5 Å². The SMILES string of the molecule is CC(C)CCS(=O)(=O)NCC1CCC(N)C1. The van der Waals surface area contributed by atoms with Crippen LogP contribution in [0.5, 0.6) is 0 Å². The second kappa shape index (κ2) is 5.98. The fourth-order valence-electron chi connectivity index (χ4n) is 2.01. The van der Waals surface area contributed by atoms with Gasteiger partial charge in [0.2, 0.25) is 10.0 Å². The Bertz CT molecular complexity index is 301. The van der Waals surface area contributed by atoms with E-state index in [0.29, 0.717) is 18.4 Å². The molecule has 1 saturated carbocycles. The molecular weight excluding hydrogens is 224 g/mol. The van der Waals surface area contributed by atoms with Gasteiger partial charge in [-0.15, -0.1) is 0 Å². The Hall–Kier alpha value is -0.130. The third-order valence-corrected chi connectivity index (χ3v) is 4.52. The first-order chi connectivity index (χ1) is 7.39. The maximum Gasteiger partial charge on any atom is 0.211 e. The number of nitrogens with two attached hydrogens (primary N) is 1. The van der Waals surface area contributed by atoms with Crippen molar-refractivity contribution in [2.45, 2.75) is 45.6 Å². The van der Waals surface area contributed by atoms with Crippen molar-refractivity contribution in [3.05, 3.63) is 0 Å². The van der Waals surface area contributed by atoms with E-state index in [2.05, 4.69) is 4.72 Å². The van der Waals surface area contributed by atoms with E-state index in [-0.39, 0.29) is 11.8 Å². The molecule has 0 aromatic rings. The molecule has 4 nitrogen and oxygen atoms in total. The Kier molecular flexibility index (Phi) is 5.21. The number of rotatable bonds is 6. The Balaban J connectivity index is 2.25. The Labute approximate surface area is 99.0 Å². The molecule has 3 N–H and O–H groups in total. The monoisotopic (exact) mass is 248 g/mol. The molecule has 0 bridgehead atoms. The lowest BCUT2D eigenvalue weighted by atomic mass is 10.1. The minimum absolute atomic E-state index is 0.240. The lowest BCUT2D eigenvalue weighted by Gasteiger charge is -2.12. The van der Waals surface area contributed by atoms with Gasteiger partial charge >= 0.3 is 0 Å². The molecule has 0 heterocycles. The van der Waals surface area contributed by atoms with Gasteiger partial charge in [0, 0.05) is 12.6 Å². The van der Waals surface area contributed by atoms with Crippen molar-refractivity contribution in [2.75, 3.05) is 12.3 Å². The van der Waals surface area contributed by atoms with Gasteiger partial charge in [0.1, 0.15) is 0 Å². The molecule has 1 aliphatic rings. The highest BCUT2D eigenvalue weighted by atomic mass is 32.2. The van der Waals surface area contributed by atoms with Crippen molar-refractivity contribution in [1.82, 2.24) is 4.72 Å². The predicted molar refractivity (Wildman–Crippen MR) is 66.6 cm³/mol. The van der Waals surface area contributed by atoms with E-state index >= 15 is 0 Å². The molecule has 5 heteroatoms. The van der Waals surface area contributed by atoms with E-state index in [0.717, 1.165) is 25.7 Å². The van der Waals surface area contributed by atoms with Gasteiger partial charge in [0.25, 0.3) is 0 Å². The molecule has 1 fully saturated rings. The van der Waals surface area contributed by atoms with E-state index in [9.17, 15) is 8.42 Å². The Morgan fingerprint density at radius 1 is 1.38 bits per heavy atom. The van der Waals surface area contributed by atoms with Crippen LogP contribution in [0.1, 0.15) is 39.5 Å². The van der Waals surface area contributed by atoms with Crippen LogP contribution in [0.3, 0.4) is 0 Å². The smallest absolute Gasteiger partial charge is 0.211 e. The summed E-state index contributed by atoms with van der Waals surface area (Å²) in [5.41, 5.74) is 5.79. The third kappa shape index (κ3) is 5.27. The molecule has 0 spiro atoms. The highest BCUT2D eigenvalue weighted by Gasteiger charge is 2.23. The molecule has 16 heavy (non-hydrogen) atoms. The lowest BCUT2D eigenvalue weighted by Crippen LogP contribution is -2.31. The van der Waals surface area contributed by atoms with E-state index in [4.69, 9.17) is 5.73 Å². The maximum absolute atomic E-state index is 11.6. The van der Waals surface area contributed by atoms with Crippen LogP contribution in [0.15, 0.2) is 0 Å². The van der Waals surface area contributed by atoms with Gasteiger partial charge < -0.3 is 5.73 Å². The molecule has 0 amide bonds. The molecule has 0 radical (unpaired) electrons. The summed E-state index contributed by atoms with van der Waals surface area (Å²) in [7, 11) is -3.07. The summed E-state index contributed by atoms with van der Waals surface area (Å²) in [5, 5.41) is 0. The number of hydrogen-bond donors (Lipinski definition) is 2. The maximum atomic E-state index is 11.6. The topological polar surface area (TPSA) is 72.2 Å². The fourth-order valence-corrected chi connectivity index (χ4v) is 3.42. The van der Waals surface area contributed by atoms with Gasteiger partial charge in [-0.3, -0.25) is 0 Å². The van der Waals surface area contributed by atoms with Crippen LogP contribution in [0.4, 0.5) is 0 Å². The van der Waals surface area contributed by atoms with Gasteiger partial charge in [0.15, 0.2) is 0 Å². The summed E-state index contributed by atoms with van der Waals surface area (Å²) >= 11 is 0. The quantitative estimate of drug-likeness (QED) is 0.739. The van der Waals surface area contributed by atoms with Crippen molar-refractivity contribution in [3.8, 4) is 0 Å². The normalized spacial score (nSPS) is 26.5. The molecule has 2 unspecified atom stereocenters. The zero-order chi connectivity index (χ0) is 12.2. The van der Waals surface area contributed by atoms with Crippen molar-refractivity contribution in [2.24, 2.45) is 17.6 Å². The summed E-state index contributed by atoms with van der Waals surface area (Å²) < 4.78 is 26.0. The largest absolute Gasteiger partial charge is 0.328 e. The summed E-state index contributed by atoms with van der Waals surface area (Å²) in [6.07, 6.45) is 3.75. The molecule has 1 rings (SSSR count). The van der Waals surface area contributed by atoms with Gasteiger partial charge in [-0.1, -0.05) is 13.8 Å². The van der Waals surface area contributed by atoms with Crippen molar-refractivity contribution in [1.29, 1.82) is 0 Å². The number of hydrogen-bond acceptors (Lipinski definition) is 3. The zero-order valence-corrected chi connectivity index (χ0v) is 11.1. The van der Waals surface area contributed by atoms with Crippen LogP contribution < -0.4 is 10.5 Å².